The highest BCUT2D eigenvalue weighted by atomic mass is 32.2. The average molecular weight is 411 g/mol. The van der Waals surface area contributed by atoms with E-state index >= 15 is 0 Å². The van der Waals surface area contributed by atoms with Crippen molar-refractivity contribution in [2.24, 2.45) is 0 Å². The van der Waals surface area contributed by atoms with Crippen LogP contribution in [0.5, 0.6) is 5.75 Å². The van der Waals surface area contributed by atoms with Gasteiger partial charge in [0.05, 0.1) is 27.8 Å². The molecule has 0 fully saturated rings. The van der Waals surface area contributed by atoms with Gasteiger partial charge in [-0.25, -0.2) is 4.98 Å². The van der Waals surface area contributed by atoms with E-state index in [4.69, 9.17) is 9.15 Å². The monoisotopic (exact) mass is 411 g/mol. The zero-order chi connectivity index (χ0) is 20.4. The maximum atomic E-state index is 10.8. The number of imidazole rings is 1. The molecule has 0 aliphatic heterocycles. The number of nitrogens with zero attached hydrogens (tertiary/aromatic N) is 4. The highest BCUT2D eigenvalue weighted by molar-refractivity contribution is 7.99. The van der Waals surface area contributed by atoms with Gasteiger partial charge in [-0.2, -0.15) is 0 Å². The van der Waals surface area contributed by atoms with Crippen molar-refractivity contribution >= 4 is 28.5 Å². The zero-order valence-corrected chi connectivity index (χ0v) is 16.5. The summed E-state index contributed by atoms with van der Waals surface area (Å²) in [5.41, 5.74) is 2.37. The predicted molar refractivity (Wildman–Crippen MR) is 108 cm³/mol. The summed E-state index contributed by atoms with van der Waals surface area (Å²) in [6.45, 7) is 4.48. The molecule has 0 unspecified atom stereocenters. The van der Waals surface area contributed by atoms with Gasteiger partial charge in [-0.1, -0.05) is 11.8 Å². The molecule has 2 aromatic heterocycles. The third-order valence-electron chi connectivity index (χ3n) is 4.14. The standard InChI is InChI=1S/C19H17N5O4S/c1-3-27-14-8-9-15-16(10-14)21-19(20-15)29-11(2)17-22-23-18(28-17)12-4-6-13(7-5-12)24(25)26/h4-11H,3H2,1-2H3,(H,20,21)/t11-/m1/s1. The Bertz CT molecular complexity index is 1160. The van der Waals surface area contributed by atoms with Gasteiger partial charge in [0.1, 0.15) is 5.75 Å². The molecule has 2 heterocycles. The van der Waals surface area contributed by atoms with Crippen molar-refractivity contribution in [3.63, 3.8) is 0 Å². The van der Waals surface area contributed by atoms with Crippen LogP contribution in [-0.4, -0.2) is 31.7 Å². The molecule has 0 spiro atoms. The fourth-order valence-electron chi connectivity index (χ4n) is 2.74. The number of ether oxygens (including phenoxy) is 1. The second-order valence-electron chi connectivity index (χ2n) is 6.16. The number of nitrogens with one attached hydrogen (secondary N) is 1. The molecule has 1 N–H and O–H groups in total. The molecular weight excluding hydrogens is 394 g/mol. The molecule has 0 bridgehead atoms. The Morgan fingerprint density at radius 3 is 2.76 bits per heavy atom. The molecule has 0 saturated heterocycles. The number of aromatic nitrogens is 4. The van der Waals surface area contributed by atoms with Crippen LogP contribution in [0.25, 0.3) is 22.5 Å². The number of fused-ring (bicyclic) bond motifs is 1. The number of nitro groups is 1. The Labute approximate surface area is 169 Å². The van der Waals surface area contributed by atoms with Crippen molar-refractivity contribution in [3.8, 4) is 17.2 Å². The van der Waals surface area contributed by atoms with Gasteiger partial charge < -0.3 is 14.1 Å². The molecule has 148 valence electrons. The largest absolute Gasteiger partial charge is 0.494 e. The summed E-state index contributed by atoms with van der Waals surface area (Å²) in [5.74, 6) is 1.55. The molecule has 0 radical (unpaired) electrons. The first-order chi connectivity index (χ1) is 14.0. The van der Waals surface area contributed by atoms with Crippen molar-refractivity contribution in [3.05, 3.63) is 58.5 Å². The Balaban J connectivity index is 1.49. The lowest BCUT2D eigenvalue weighted by Gasteiger charge is -2.03. The molecule has 29 heavy (non-hydrogen) atoms. The molecule has 0 amide bonds. The SMILES string of the molecule is CCOc1ccc2nc(S[C@H](C)c3nnc(-c4ccc([N+](=O)[O-])cc4)o3)[nH]c2c1. The molecule has 1 atom stereocenters. The van der Waals surface area contributed by atoms with Gasteiger partial charge in [0.15, 0.2) is 5.16 Å². The summed E-state index contributed by atoms with van der Waals surface area (Å²) in [6, 6.07) is 11.7. The van der Waals surface area contributed by atoms with Gasteiger partial charge in [-0.3, -0.25) is 10.1 Å². The van der Waals surface area contributed by atoms with Gasteiger partial charge in [0.2, 0.25) is 11.8 Å². The van der Waals surface area contributed by atoms with Crippen LogP contribution in [0.15, 0.2) is 52.0 Å². The first-order valence-electron chi connectivity index (χ1n) is 8.91. The molecule has 0 aliphatic carbocycles. The zero-order valence-electron chi connectivity index (χ0n) is 15.7. The fraction of sp³-hybridized carbons (Fsp3) is 0.211. The van der Waals surface area contributed by atoms with Crippen molar-refractivity contribution in [1.29, 1.82) is 0 Å². The van der Waals surface area contributed by atoms with Crippen LogP contribution in [-0.2, 0) is 0 Å². The Morgan fingerprint density at radius 1 is 1.24 bits per heavy atom. The molecule has 0 saturated carbocycles. The van der Waals surface area contributed by atoms with Crippen LogP contribution < -0.4 is 4.74 Å². The maximum absolute atomic E-state index is 10.8. The van der Waals surface area contributed by atoms with Gasteiger partial charge in [-0.15, -0.1) is 10.2 Å². The Morgan fingerprint density at radius 2 is 2.03 bits per heavy atom. The van der Waals surface area contributed by atoms with Crippen LogP contribution in [0.4, 0.5) is 5.69 Å². The van der Waals surface area contributed by atoms with Crippen molar-refractivity contribution in [1.82, 2.24) is 20.2 Å². The number of non-ortho nitro benzene ring substituents is 1. The fourth-order valence-corrected chi connectivity index (χ4v) is 3.59. The summed E-state index contributed by atoms with van der Waals surface area (Å²) in [5, 5.41) is 19.5. The van der Waals surface area contributed by atoms with Crippen molar-refractivity contribution < 1.29 is 14.1 Å². The molecular formula is C19H17N5O4S. The quantitative estimate of drug-likeness (QED) is 0.262. The van der Waals surface area contributed by atoms with E-state index < -0.39 is 4.92 Å². The Kier molecular flexibility index (Phi) is 5.17. The van der Waals surface area contributed by atoms with E-state index in [0.717, 1.165) is 21.9 Å². The van der Waals surface area contributed by atoms with Gasteiger partial charge in [-0.05, 0) is 38.1 Å². The average Bonchev–Trinajstić information content (AvgIpc) is 3.35. The molecule has 4 aromatic rings. The topological polar surface area (TPSA) is 120 Å². The van der Waals surface area contributed by atoms with E-state index in [9.17, 15) is 10.1 Å². The minimum absolute atomic E-state index is 0.00907. The summed E-state index contributed by atoms with van der Waals surface area (Å²) in [4.78, 5) is 18.2. The van der Waals surface area contributed by atoms with Gasteiger partial charge >= 0.3 is 0 Å². The number of thioether (sulfide) groups is 1. The minimum Gasteiger partial charge on any atom is -0.494 e. The molecule has 10 heteroatoms. The van der Waals surface area contributed by atoms with E-state index in [1.807, 2.05) is 32.0 Å². The summed E-state index contributed by atoms with van der Waals surface area (Å²) < 4.78 is 11.3. The number of aromatic amines is 1. The van der Waals surface area contributed by atoms with Crippen LogP contribution in [0.2, 0.25) is 0 Å². The lowest BCUT2D eigenvalue weighted by atomic mass is 10.2. The van der Waals surface area contributed by atoms with E-state index in [0.29, 0.717) is 24.0 Å². The third kappa shape index (κ3) is 4.06. The van der Waals surface area contributed by atoms with Crippen LogP contribution in [0.1, 0.15) is 25.0 Å². The summed E-state index contributed by atoms with van der Waals surface area (Å²) in [7, 11) is 0. The smallest absolute Gasteiger partial charge is 0.269 e. The highest BCUT2D eigenvalue weighted by Crippen LogP contribution is 2.35. The van der Waals surface area contributed by atoms with E-state index in [1.54, 1.807) is 12.1 Å². The molecule has 2 aromatic carbocycles. The number of benzene rings is 2. The predicted octanol–water partition coefficient (Wildman–Crippen LogP) is 4.77. The van der Waals surface area contributed by atoms with Crippen LogP contribution in [0.3, 0.4) is 0 Å². The second kappa shape index (κ2) is 7.92. The van der Waals surface area contributed by atoms with Crippen molar-refractivity contribution in [2.75, 3.05) is 6.61 Å². The number of rotatable bonds is 7. The molecule has 4 rings (SSSR count). The second-order valence-corrected chi connectivity index (χ2v) is 7.49. The van der Waals surface area contributed by atoms with Gasteiger partial charge in [0, 0.05) is 23.8 Å². The third-order valence-corrected chi connectivity index (χ3v) is 5.12. The number of H-pyrrole nitrogens is 1. The number of hydrogen-bond donors (Lipinski definition) is 1. The van der Waals surface area contributed by atoms with E-state index in [-0.39, 0.29) is 10.9 Å². The summed E-state index contributed by atoms with van der Waals surface area (Å²) >= 11 is 1.46. The van der Waals surface area contributed by atoms with E-state index in [1.165, 1.54) is 23.9 Å². The van der Waals surface area contributed by atoms with Crippen LogP contribution in [0, 0.1) is 10.1 Å². The number of hydrogen-bond acceptors (Lipinski definition) is 8. The first kappa shape index (κ1) is 18.9. The number of nitro benzene ring substituents is 1. The minimum atomic E-state index is -0.452. The van der Waals surface area contributed by atoms with E-state index in [2.05, 4.69) is 20.2 Å². The van der Waals surface area contributed by atoms with Crippen molar-refractivity contribution in [2.45, 2.75) is 24.3 Å². The lowest BCUT2D eigenvalue weighted by Crippen LogP contribution is -1.90. The maximum Gasteiger partial charge on any atom is 0.269 e. The lowest BCUT2D eigenvalue weighted by molar-refractivity contribution is -0.384. The molecule has 9 nitrogen and oxygen atoms in total. The molecule has 0 aliphatic rings. The summed E-state index contributed by atoms with van der Waals surface area (Å²) in [6.07, 6.45) is 0. The normalized spacial score (nSPS) is 12.2. The van der Waals surface area contributed by atoms with Crippen LogP contribution >= 0.6 is 11.8 Å². The van der Waals surface area contributed by atoms with Gasteiger partial charge in [0.25, 0.3) is 5.69 Å². The Hall–Kier alpha value is -3.40. The highest BCUT2D eigenvalue weighted by Gasteiger charge is 2.18. The first-order valence-corrected chi connectivity index (χ1v) is 9.79.